The van der Waals surface area contributed by atoms with Crippen molar-refractivity contribution in [2.24, 2.45) is 4.99 Å². The maximum atomic E-state index is 10.9. The highest BCUT2D eigenvalue weighted by atomic mass is 16.5. The van der Waals surface area contributed by atoms with Gasteiger partial charge in [-0.25, -0.2) is 0 Å². The van der Waals surface area contributed by atoms with Crippen LogP contribution in [0.2, 0.25) is 0 Å². The summed E-state index contributed by atoms with van der Waals surface area (Å²) in [7, 11) is 3.21. The van der Waals surface area contributed by atoms with Crippen LogP contribution in [0.15, 0.2) is 4.99 Å². The predicted molar refractivity (Wildman–Crippen MR) is 79.4 cm³/mol. The van der Waals surface area contributed by atoms with Crippen molar-refractivity contribution >= 4 is 11.9 Å². The summed E-state index contributed by atoms with van der Waals surface area (Å²) in [5.41, 5.74) is 0. The third-order valence-electron chi connectivity index (χ3n) is 2.87. The highest BCUT2D eigenvalue weighted by molar-refractivity contribution is 5.79. The number of unbranched alkanes of at least 4 members (excludes halogenated alkanes) is 4. The molecule has 0 spiro atoms. The van der Waals surface area contributed by atoms with Crippen molar-refractivity contribution in [3.05, 3.63) is 0 Å². The molecule has 0 rings (SSSR count). The van der Waals surface area contributed by atoms with Crippen LogP contribution >= 0.6 is 0 Å². The molecule has 112 valence electrons. The van der Waals surface area contributed by atoms with Gasteiger partial charge >= 0.3 is 5.97 Å². The lowest BCUT2D eigenvalue weighted by atomic mass is 10.2. The molecule has 0 aliphatic rings. The molecule has 0 unspecified atom stereocenters. The van der Waals surface area contributed by atoms with Crippen molar-refractivity contribution < 1.29 is 9.53 Å². The molecule has 0 aromatic rings. The van der Waals surface area contributed by atoms with Crippen LogP contribution in [0.25, 0.3) is 0 Å². The number of methoxy groups -OCH3 is 1. The second-order valence-electron chi connectivity index (χ2n) is 4.52. The Labute approximate surface area is 117 Å². The van der Waals surface area contributed by atoms with Crippen molar-refractivity contribution in [1.29, 1.82) is 0 Å². The van der Waals surface area contributed by atoms with Crippen LogP contribution in [-0.2, 0) is 9.53 Å². The lowest BCUT2D eigenvalue weighted by Crippen LogP contribution is -2.38. The van der Waals surface area contributed by atoms with E-state index in [9.17, 15) is 4.79 Å². The van der Waals surface area contributed by atoms with Crippen LogP contribution in [0.4, 0.5) is 0 Å². The molecule has 0 saturated carbocycles. The average Bonchev–Trinajstić information content (AvgIpc) is 2.44. The van der Waals surface area contributed by atoms with E-state index in [0.717, 1.165) is 38.3 Å². The second kappa shape index (κ2) is 13.2. The third-order valence-corrected chi connectivity index (χ3v) is 2.87. The molecule has 0 heterocycles. The molecule has 0 aromatic carbocycles. The van der Waals surface area contributed by atoms with Gasteiger partial charge in [0.2, 0.25) is 0 Å². The zero-order chi connectivity index (χ0) is 14.3. The average molecular weight is 271 g/mol. The van der Waals surface area contributed by atoms with E-state index in [2.05, 4.69) is 27.3 Å². The van der Waals surface area contributed by atoms with Gasteiger partial charge in [-0.2, -0.15) is 0 Å². The van der Waals surface area contributed by atoms with Crippen LogP contribution in [0, 0.1) is 0 Å². The summed E-state index contributed by atoms with van der Waals surface area (Å²) < 4.78 is 4.59. The Hall–Kier alpha value is -1.26. The minimum absolute atomic E-state index is 0.124. The molecule has 0 radical (unpaired) electrons. The zero-order valence-corrected chi connectivity index (χ0v) is 12.6. The number of guanidine groups is 1. The van der Waals surface area contributed by atoms with Crippen molar-refractivity contribution in [3.63, 3.8) is 0 Å². The van der Waals surface area contributed by atoms with Gasteiger partial charge in [-0.1, -0.05) is 26.2 Å². The van der Waals surface area contributed by atoms with Crippen LogP contribution in [0.1, 0.15) is 51.9 Å². The summed E-state index contributed by atoms with van der Waals surface area (Å²) in [5, 5.41) is 6.56. The summed E-state index contributed by atoms with van der Waals surface area (Å²) in [6.07, 6.45) is 7.11. The summed E-state index contributed by atoms with van der Waals surface area (Å²) in [6.45, 7) is 4.05. The van der Waals surface area contributed by atoms with Crippen molar-refractivity contribution in [3.8, 4) is 0 Å². The molecule has 0 saturated heterocycles. The highest BCUT2D eigenvalue weighted by Gasteiger charge is 2.00. The Bertz CT molecular complexity index is 255. The fraction of sp³-hybridized carbons (Fsp3) is 0.857. The molecule has 0 aliphatic heterocycles. The molecular formula is C14H29N3O2. The summed E-state index contributed by atoms with van der Waals surface area (Å²) in [6, 6.07) is 0. The number of carbonyl (C=O) groups excluding carboxylic acids is 1. The summed E-state index contributed by atoms with van der Waals surface area (Å²) >= 11 is 0. The van der Waals surface area contributed by atoms with Crippen molar-refractivity contribution in [2.45, 2.75) is 51.9 Å². The number of rotatable bonds is 10. The van der Waals surface area contributed by atoms with Gasteiger partial charge < -0.3 is 15.4 Å². The van der Waals surface area contributed by atoms with Crippen molar-refractivity contribution in [1.82, 2.24) is 10.6 Å². The first-order valence-electron chi connectivity index (χ1n) is 7.26. The van der Waals surface area contributed by atoms with Crippen LogP contribution < -0.4 is 10.6 Å². The Kier molecular flexibility index (Phi) is 12.3. The minimum atomic E-state index is -0.124. The van der Waals surface area contributed by atoms with E-state index in [1.165, 1.54) is 26.4 Å². The first-order valence-corrected chi connectivity index (χ1v) is 7.26. The first-order chi connectivity index (χ1) is 9.24. The molecule has 5 heteroatoms. The first kappa shape index (κ1) is 17.7. The number of hydrogen-bond donors (Lipinski definition) is 2. The Morgan fingerprint density at radius 3 is 2.21 bits per heavy atom. The number of ether oxygens (including phenoxy) is 1. The standard InChI is InChI=1S/C14H29N3O2/c1-4-5-8-11-16-14(15-2)17-12-9-6-7-10-13(18)19-3/h4-12H2,1-3H3,(H2,15,16,17). The summed E-state index contributed by atoms with van der Waals surface area (Å²) in [4.78, 5) is 15.1. The molecule has 0 aromatic heterocycles. The number of nitrogens with one attached hydrogen (secondary N) is 2. The highest BCUT2D eigenvalue weighted by Crippen LogP contribution is 1.99. The van der Waals surface area contributed by atoms with E-state index in [-0.39, 0.29) is 5.97 Å². The van der Waals surface area contributed by atoms with Crippen LogP contribution in [0.5, 0.6) is 0 Å². The molecule has 19 heavy (non-hydrogen) atoms. The van der Waals surface area contributed by atoms with Gasteiger partial charge in [0.05, 0.1) is 7.11 Å². The number of hydrogen-bond acceptors (Lipinski definition) is 3. The molecule has 5 nitrogen and oxygen atoms in total. The van der Waals surface area contributed by atoms with Gasteiger partial charge in [0.25, 0.3) is 0 Å². The van der Waals surface area contributed by atoms with E-state index in [0.29, 0.717) is 6.42 Å². The maximum absolute atomic E-state index is 10.9. The van der Waals surface area contributed by atoms with Gasteiger partial charge in [0, 0.05) is 26.6 Å². The quantitative estimate of drug-likeness (QED) is 0.276. The van der Waals surface area contributed by atoms with E-state index in [1.807, 2.05) is 0 Å². The minimum Gasteiger partial charge on any atom is -0.469 e. The van der Waals surface area contributed by atoms with Crippen LogP contribution in [0.3, 0.4) is 0 Å². The Balaban J connectivity index is 3.44. The van der Waals surface area contributed by atoms with Gasteiger partial charge in [-0.05, 0) is 19.3 Å². The Morgan fingerprint density at radius 1 is 1.05 bits per heavy atom. The van der Waals surface area contributed by atoms with Crippen molar-refractivity contribution in [2.75, 3.05) is 27.2 Å². The molecular weight excluding hydrogens is 242 g/mol. The number of esters is 1. The predicted octanol–water partition coefficient (Wildman–Crippen LogP) is 2.07. The summed E-state index contributed by atoms with van der Waals surface area (Å²) in [5.74, 6) is 0.741. The lowest BCUT2D eigenvalue weighted by molar-refractivity contribution is -0.140. The largest absolute Gasteiger partial charge is 0.469 e. The van der Waals surface area contributed by atoms with E-state index in [4.69, 9.17) is 0 Å². The van der Waals surface area contributed by atoms with Gasteiger partial charge in [-0.15, -0.1) is 0 Å². The SMILES string of the molecule is CCCCCNC(=NC)NCCCCCC(=O)OC. The lowest BCUT2D eigenvalue weighted by Gasteiger charge is -2.11. The smallest absolute Gasteiger partial charge is 0.305 e. The molecule has 0 atom stereocenters. The molecule has 0 aliphatic carbocycles. The normalized spacial score (nSPS) is 11.2. The monoisotopic (exact) mass is 271 g/mol. The molecule has 0 fully saturated rings. The molecule has 2 N–H and O–H groups in total. The fourth-order valence-electron chi connectivity index (χ4n) is 1.68. The van der Waals surface area contributed by atoms with Gasteiger partial charge in [0.15, 0.2) is 5.96 Å². The number of aliphatic imine (C=N–C) groups is 1. The maximum Gasteiger partial charge on any atom is 0.305 e. The second-order valence-corrected chi connectivity index (χ2v) is 4.52. The number of nitrogens with zero attached hydrogens (tertiary/aromatic N) is 1. The van der Waals surface area contributed by atoms with E-state index in [1.54, 1.807) is 7.05 Å². The Morgan fingerprint density at radius 2 is 1.68 bits per heavy atom. The zero-order valence-electron chi connectivity index (χ0n) is 12.6. The van der Waals surface area contributed by atoms with Gasteiger partial charge in [-0.3, -0.25) is 9.79 Å². The third kappa shape index (κ3) is 11.6. The number of carbonyl (C=O) groups is 1. The van der Waals surface area contributed by atoms with E-state index >= 15 is 0 Å². The van der Waals surface area contributed by atoms with E-state index < -0.39 is 0 Å². The molecule has 0 amide bonds. The van der Waals surface area contributed by atoms with Gasteiger partial charge in [0.1, 0.15) is 0 Å². The molecule has 0 bridgehead atoms. The fourth-order valence-corrected chi connectivity index (χ4v) is 1.68. The van der Waals surface area contributed by atoms with Crippen LogP contribution in [-0.4, -0.2) is 39.2 Å². The topological polar surface area (TPSA) is 62.7 Å².